The van der Waals surface area contributed by atoms with Crippen molar-refractivity contribution in [1.82, 2.24) is 14.5 Å². The minimum Gasteiger partial charge on any atom is -0.340 e. The second-order valence-electron chi connectivity index (χ2n) is 6.24. The van der Waals surface area contributed by atoms with Crippen molar-refractivity contribution in [2.75, 3.05) is 7.05 Å². The number of imidazole rings is 1. The number of hydrogen-bond donors (Lipinski definition) is 0. The predicted molar refractivity (Wildman–Crippen MR) is 88.4 cm³/mol. The SMILES string of the molecule is Cc1nc(CC(C)C)cn1CC(=O)N(C)Cc1ccccc1. The number of carbonyl (C=O) groups is 1. The zero-order chi connectivity index (χ0) is 16.1. The summed E-state index contributed by atoms with van der Waals surface area (Å²) in [6.45, 7) is 7.28. The molecular formula is C18H25N3O. The molecule has 4 heteroatoms. The van der Waals surface area contributed by atoms with Crippen molar-refractivity contribution in [2.24, 2.45) is 5.92 Å². The molecule has 0 saturated heterocycles. The maximum absolute atomic E-state index is 12.4. The van der Waals surface area contributed by atoms with E-state index in [1.165, 1.54) is 0 Å². The third kappa shape index (κ3) is 4.45. The highest BCUT2D eigenvalue weighted by molar-refractivity contribution is 5.75. The van der Waals surface area contributed by atoms with Crippen LogP contribution in [-0.4, -0.2) is 27.4 Å². The first-order valence-electron chi connectivity index (χ1n) is 7.76. The summed E-state index contributed by atoms with van der Waals surface area (Å²) in [5.41, 5.74) is 2.20. The molecule has 2 aromatic rings. The lowest BCUT2D eigenvalue weighted by Gasteiger charge is -2.18. The van der Waals surface area contributed by atoms with Gasteiger partial charge in [0.05, 0.1) is 5.69 Å². The molecular weight excluding hydrogens is 274 g/mol. The van der Waals surface area contributed by atoms with Crippen molar-refractivity contribution in [3.05, 3.63) is 53.6 Å². The van der Waals surface area contributed by atoms with E-state index in [9.17, 15) is 4.79 Å². The second kappa shape index (κ2) is 7.25. The molecule has 22 heavy (non-hydrogen) atoms. The lowest BCUT2D eigenvalue weighted by atomic mass is 10.1. The second-order valence-corrected chi connectivity index (χ2v) is 6.24. The lowest BCUT2D eigenvalue weighted by Crippen LogP contribution is -2.29. The quantitative estimate of drug-likeness (QED) is 0.822. The molecule has 0 saturated carbocycles. The number of hydrogen-bond acceptors (Lipinski definition) is 2. The molecule has 1 heterocycles. The number of likely N-dealkylation sites (N-methyl/N-ethyl adjacent to an activating group) is 1. The molecule has 0 bridgehead atoms. The van der Waals surface area contributed by atoms with Gasteiger partial charge in [0, 0.05) is 19.8 Å². The number of aromatic nitrogens is 2. The van der Waals surface area contributed by atoms with Gasteiger partial charge in [-0.3, -0.25) is 4.79 Å². The molecule has 1 amide bonds. The number of amides is 1. The van der Waals surface area contributed by atoms with Crippen LogP contribution in [0.2, 0.25) is 0 Å². The molecule has 4 nitrogen and oxygen atoms in total. The normalized spacial score (nSPS) is 11.0. The first-order valence-corrected chi connectivity index (χ1v) is 7.76. The number of nitrogens with zero attached hydrogens (tertiary/aromatic N) is 3. The number of aryl methyl sites for hydroxylation is 1. The van der Waals surface area contributed by atoms with Crippen LogP contribution in [-0.2, 0) is 24.3 Å². The molecule has 0 atom stereocenters. The van der Waals surface area contributed by atoms with Crippen LogP contribution in [0.1, 0.15) is 30.9 Å². The van der Waals surface area contributed by atoms with Crippen LogP contribution >= 0.6 is 0 Å². The van der Waals surface area contributed by atoms with Crippen molar-refractivity contribution >= 4 is 5.91 Å². The monoisotopic (exact) mass is 299 g/mol. The van der Waals surface area contributed by atoms with Crippen LogP contribution in [0.4, 0.5) is 0 Å². The summed E-state index contributed by atoms with van der Waals surface area (Å²) >= 11 is 0. The third-order valence-corrected chi connectivity index (χ3v) is 3.64. The standard InChI is InChI=1S/C18H25N3O/c1-14(2)10-17-12-21(15(3)19-17)13-18(22)20(4)11-16-8-6-5-7-9-16/h5-9,12,14H,10-11,13H2,1-4H3. The predicted octanol–water partition coefficient (Wildman–Crippen LogP) is 3.05. The van der Waals surface area contributed by atoms with Gasteiger partial charge in [0.25, 0.3) is 0 Å². The Morgan fingerprint density at radius 1 is 1.27 bits per heavy atom. The molecule has 0 fully saturated rings. The topological polar surface area (TPSA) is 38.1 Å². The maximum atomic E-state index is 12.4. The van der Waals surface area contributed by atoms with E-state index < -0.39 is 0 Å². The van der Waals surface area contributed by atoms with E-state index >= 15 is 0 Å². The third-order valence-electron chi connectivity index (χ3n) is 3.64. The molecule has 2 rings (SSSR count). The largest absolute Gasteiger partial charge is 0.340 e. The van der Waals surface area contributed by atoms with E-state index in [1.807, 2.05) is 55.1 Å². The van der Waals surface area contributed by atoms with Gasteiger partial charge < -0.3 is 9.47 Å². The molecule has 0 unspecified atom stereocenters. The van der Waals surface area contributed by atoms with Gasteiger partial charge in [-0.2, -0.15) is 0 Å². The first kappa shape index (κ1) is 16.3. The highest BCUT2D eigenvalue weighted by Crippen LogP contribution is 2.10. The Kier molecular flexibility index (Phi) is 5.36. The molecule has 1 aromatic carbocycles. The number of benzene rings is 1. The smallest absolute Gasteiger partial charge is 0.242 e. The fourth-order valence-corrected chi connectivity index (χ4v) is 2.46. The molecule has 0 spiro atoms. The average molecular weight is 299 g/mol. The van der Waals surface area contributed by atoms with Crippen LogP contribution in [0.15, 0.2) is 36.5 Å². The van der Waals surface area contributed by atoms with Gasteiger partial charge in [-0.05, 0) is 24.8 Å². The summed E-state index contributed by atoms with van der Waals surface area (Å²) < 4.78 is 1.95. The van der Waals surface area contributed by atoms with Crippen molar-refractivity contribution in [3.8, 4) is 0 Å². The lowest BCUT2D eigenvalue weighted by molar-refractivity contribution is -0.131. The fraction of sp³-hybridized carbons (Fsp3) is 0.444. The van der Waals surface area contributed by atoms with Crippen LogP contribution in [0.5, 0.6) is 0 Å². The van der Waals surface area contributed by atoms with Crippen LogP contribution in [0.3, 0.4) is 0 Å². The molecule has 0 radical (unpaired) electrons. The van der Waals surface area contributed by atoms with Gasteiger partial charge in [-0.1, -0.05) is 44.2 Å². The maximum Gasteiger partial charge on any atom is 0.242 e. The Hall–Kier alpha value is -2.10. The van der Waals surface area contributed by atoms with Crippen LogP contribution in [0, 0.1) is 12.8 Å². The van der Waals surface area contributed by atoms with Crippen molar-refractivity contribution in [1.29, 1.82) is 0 Å². The van der Waals surface area contributed by atoms with E-state index in [4.69, 9.17) is 0 Å². The summed E-state index contributed by atoms with van der Waals surface area (Å²) in [4.78, 5) is 18.7. The van der Waals surface area contributed by atoms with E-state index in [2.05, 4.69) is 18.8 Å². The van der Waals surface area contributed by atoms with E-state index in [1.54, 1.807) is 4.90 Å². The first-order chi connectivity index (χ1) is 10.5. The fourth-order valence-electron chi connectivity index (χ4n) is 2.46. The Morgan fingerprint density at radius 3 is 2.59 bits per heavy atom. The zero-order valence-corrected chi connectivity index (χ0v) is 13.9. The Bertz CT molecular complexity index is 617. The molecule has 0 aliphatic heterocycles. The minimum atomic E-state index is 0.0976. The van der Waals surface area contributed by atoms with Gasteiger partial charge in [-0.25, -0.2) is 4.98 Å². The van der Waals surface area contributed by atoms with Gasteiger partial charge >= 0.3 is 0 Å². The van der Waals surface area contributed by atoms with Gasteiger partial charge in [0.15, 0.2) is 0 Å². The number of rotatable bonds is 6. The molecule has 118 valence electrons. The highest BCUT2D eigenvalue weighted by atomic mass is 16.2. The summed E-state index contributed by atoms with van der Waals surface area (Å²) in [7, 11) is 1.84. The van der Waals surface area contributed by atoms with Gasteiger partial charge in [-0.15, -0.1) is 0 Å². The Balaban J connectivity index is 1.98. The van der Waals surface area contributed by atoms with Crippen molar-refractivity contribution in [3.63, 3.8) is 0 Å². The summed E-state index contributed by atoms with van der Waals surface area (Å²) in [6.07, 6.45) is 2.95. The van der Waals surface area contributed by atoms with Crippen LogP contribution < -0.4 is 0 Å². The average Bonchev–Trinajstić information content (AvgIpc) is 2.78. The Labute approximate surface area is 132 Å². The van der Waals surface area contributed by atoms with E-state index in [-0.39, 0.29) is 5.91 Å². The van der Waals surface area contributed by atoms with Crippen molar-refractivity contribution < 1.29 is 4.79 Å². The van der Waals surface area contributed by atoms with Crippen LogP contribution in [0.25, 0.3) is 0 Å². The highest BCUT2D eigenvalue weighted by Gasteiger charge is 2.13. The molecule has 0 aliphatic carbocycles. The minimum absolute atomic E-state index is 0.0976. The summed E-state index contributed by atoms with van der Waals surface area (Å²) in [5.74, 6) is 1.57. The number of carbonyl (C=O) groups excluding carboxylic acids is 1. The van der Waals surface area contributed by atoms with Gasteiger partial charge in [0.2, 0.25) is 5.91 Å². The summed E-state index contributed by atoms with van der Waals surface area (Å²) in [5, 5.41) is 0. The molecule has 1 aromatic heterocycles. The summed E-state index contributed by atoms with van der Waals surface area (Å²) in [6, 6.07) is 10.0. The van der Waals surface area contributed by atoms with E-state index in [0.29, 0.717) is 19.0 Å². The Morgan fingerprint density at radius 2 is 1.95 bits per heavy atom. The zero-order valence-electron chi connectivity index (χ0n) is 13.9. The van der Waals surface area contributed by atoms with E-state index in [0.717, 1.165) is 23.5 Å². The molecule has 0 aliphatic rings. The molecule has 0 N–H and O–H groups in total. The van der Waals surface area contributed by atoms with Crippen molar-refractivity contribution in [2.45, 2.75) is 40.3 Å². The van der Waals surface area contributed by atoms with Gasteiger partial charge in [0.1, 0.15) is 12.4 Å².